The summed E-state index contributed by atoms with van der Waals surface area (Å²) in [5.74, 6) is -0.541. The van der Waals surface area contributed by atoms with Gasteiger partial charge in [-0.25, -0.2) is 0 Å². The first-order chi connectivity index (χ1) is 12.8. The van der Waals surface area contributed by atoms with E-state index in [4.69, 9.17) is 9.47 Å². The molecule has 0 saturated carbocycles. The molecule has 0 amide bonds. The fourth-order valence-corrected chi connectivity index (χ4v) is 4.35. The van der Waals surface area contributed by atoms with Gasteiger partial charge in [-0.05, 0) is 53.4 Å². The lowest BCUT2D eigenvalue weighted by Gasteiger charge is -2.50. The summed E-state index contributed by atoms with van der Waals surface area (Å²) in [4.78, 5) is 0. The third kappa shape index (κ3) is 9.13. The molecule has 0 heterocycles. The Hall–Kier alpha value is -0.340. The summed E-state index contributed by atoms with van der Waals surface area (Å²) in [5.41, 5.74) is -0.0498. The zero-order valence-corrected chi connectivity index (χ0v) is 19.9. The summed E-state index contributed by atoms with van der Waals surface area (Å²) in [6.07, 6.45) is 18.4. The SMILES string of the molecule is CCC=CC(CCC)(CCCCCCCC)C(CC)(OC(C)C)OC(C)C. The fourth-order valence-electron chi connectivity index (χ4n) is 4.35. The molecule has 0 bridgehead atoms. The van der Waals surface area contributed by atoms with Crippen LogP contribution in [-0.4, -0.2) is 18.0 Å². The highest BCUT2D eigenvalue weighted by Crippen LogP contribution is 2.49. The Morgan fingerprint density at radius 2 is 1.26 bits per heavy atom. The minimum atomic E-state index is -0.541. The van der Waals surface area contributed by atoms with E-state index in [2.05, 4.69) is 67.5 Å². The molecule has 0 saturated heterocycles. The van der Waals surface area contributed by atoms with Gasteiger partial charge in [0.25, 0.3) is 0 Å². The molecule has 0 fully saturated rings. The average molecular weight is 383 g/mol. The lowest BCUT2D eigenvalue weighted by atomic mass is 9.69. The van der Waals surface area contributed by atoms with Gasteiger partial charge in [0.1, 0.15) is 0 Å². The molecule has 0 aromatic heterocycles. The minimum Gasteiger partial charge on any atom is -0.346 e. The molecule has 0 aromatic carbocycles. The van der Waals surface area contributed by atoms with Crippen LogP contribution in [0.1, 0.15) is 126 Å². The number of allylic oxidation sites excluding steroid dienone is 1. The van der Waals surface area contributed by atoms with Crippen LogP contribution in [0.4, 0.5) is 0 Å². The van der Waals surface area contributed by atoms with E-state index in [0.717, 1.165) is 32.1 Å². The normalized spacial score (nSPS) is 15.2. The molecule has 0 rings (SSSR count). The third-order valence-electron chi connectivity index (χ3n) is 5.42. The molecule has 0 N–H and O–H groups in total. The smallest absolute Gasteiger partial charge is 0.177 e. The van der Waals surface area contributed by atoms with Crippen molar-refractivity contribution in [3.8, 4) is 0 Å². The molecule has 162 valence electrons. The van der Waals surface area contributed by atoms with Crippen molar-refractivity contribution in [1.82, 2.24) is 0 Å². The zero-order valence-electron chi connectivity index (χ0n) is 19.9. The molecule has 0 radical (unpaired) electrons. The van der Waals surface area contributed by atoms with Crippen molar-refractivity contribution < 1.29 is 9.47 Å². The summed E-state index contributed by atoms with van der Waals surface area (Å²) in [7, 11) is 0. The van der Waals surface area contributed by atoms with Crippen LogP contribution in [0.5, 0.6) is 0 Å². The maximum absolute atomic E-state index is 6.64. The largest absolute Gasteiger partial charge is 0.346 e. The van der Waals surface area contributed by atoms with Gasteiger partial charge >= 0.3 is 0 Å². The van der Waals surface area contributed by atoms with Gasteiger partial charge in [0, 0.05) is 5.41 Å². The molecule has 0 spiro atoms. The zero-order chi connectivity index (χ0) is 20.8. The highest BCUT2D eigenvalue weighted by atomic mass is 16.7. The van der Waals surface area contributed by atoms with Gasteiger partial charge in [-0.3, -0.25) is 0 Å². The van der Waals surface area contributed by atoms with Crippen LogP contribution < -0.4 is 0 Å². The molecular weight excluding hydrogens is 332 g/mol. The van der Waals surface area contributed by atoms with Crippen molar-refractivity contribution in [1.29, 1.82) is 0 Å². The lowest BCUT2D eigenvalue weighted by Crippen LogP contribution is -2.53. The summed E-state index contributed by atoms with van der Waals surface area (Å²) in [5, 5.41) is 0. The van der Waals surface area contributed by atoms with Gasteiger partial charge < -0.3 is 9.47 Å². The Balaban J connectivity index is 5.70. The number of hydrogen-bond donors (Lipinski definition) is 0. The molecule has 0 aliphatic carbocycles. The molecule has 1 atom stereocenters. The quantitative estimate of drug-likeness (QED) is 0.143. The van der Waals surface area contributed by atoms with E-state index < -0.39 is 5.79 Å². The van der Waals surface area contributed by atoms with Gasteiger partial charge in [-0.1, -0.05) is 84.8 Å². The van der Waals surface area contributed by atoms with Crippen LogP contribution in [0.15, 0.2) is 12.2 Å². The molecule has 0 aromatic rings. The van der Waals surface area contributed by atoms with Gasteiger partial charge in [-0.2, -0.15) is 0 Å². The predicted octanol–water partition coefficient (Wildman–Crippen LogP) is 8.45. The molecule has 0 aliphatic heterocycles. The van der Waals surface area contributed by atoms with Crippen LogP contribution >= 0.6 is 0 Å². The first-order valence-corrected chi connectivity index (χ1v) is 11.9. The number of ether oxygens (including phenoxy) is 2. The van der Waals surface area contributed by atoms with Gasteiger partial charge in [0.05, 0.1) is 12.2 Å². The predicted molar refractivity (Wildman–Crippen MR) is 120 cm³/mol. The summed E-state index contributed by atoms with van der Waals surface area (Å²) >= 11 is 0. The third-order valence-corrected chi connectivity index (χ3v) is 5.42. The van der Waals surface area contributed by atoms with Crippen molar-refractivity contribution in [3.63, 3.8) is 0 Å². The highest BCUT2D eigenvalue weighted by Gasteiger charge is 2.51. The number of unbranched alkanes of at least 4 members (excludes halogenated alkanes) is 5. The monoisotopic (exact) mass is 382 g/mol. The maximum atomic E-state index is 6.64. The van der Waals surface area contributed by atoms with Crippen molar-refractivity contribution in [2.24, 2.45) is 5.41 Å². The van der Waals surface area contributed by atoms with Gasteiger partial charge in [0.15, 0.2) is 5.79 Å². The van der Waals surface area contributed by atoms with E-state index in [0.29, 0.717) is 0 Å². The first-order valence-electron chi connectivity index (χ1n) is 11.9. The molecule has 27 heavy (non-hydrogen) atoms. The highest BCUT2D eigenvalue weighted by molar-refractivity contribution is 5.08. The average Bonchev–Trinajstić information content (AvgIpc) is 2.60. The standard InChI is InChI=1S/C25H50O2/c1-9-13-15-16-17-18-21-24(19-11-3,20-14-10-2)25(12-4,26-22(5)6)27-23(7)8/h14,20,22-23H,9-13,15-19,21H2,1-8H3. The summed E-state index contributed by atoms with van der Waals surface area (Å²) in [6, 6.07) is 0. The van der Waals surface area contributed by atoms with Crippen LogP contribution in [-0.2, 0) is 9.47 Å². The fraction of sp³-hybridized carbons (Fsp3) is 0.920. The van der Waals surface area contributed by atoms with Crippen LogP contribution in [0, 0.1) is 5.41 Å². The van der Waals surface area contributed by atoms with E-state index >= 15 is 0 Å². The van der Waals surface area contributed by atoms with E-state index in [9.17, 15) is 0 Å². The van der Waals surface area contributed by atoms with E-state index in [1.54, 1.807) is 0 Å². The summed E-state index contributed by atoms with van der Waals surface area (Å²) < 4.78 is 13.3. The first kappa shape index (κ1) is 26.7. The molecule has 2 nitrogen and oxygen atoms in total. The Bertz CT molecular complexity index is 363. The van der Waals surface area contributed by atoms with E-state index in [1.165, 1.54) is 38.5 Å². The van der Waals surface area contributed by atoms with Gasteiger partial charge in [0.2, 0.25) is 0 Å². The number of hydrogen-bond acceptors (Lipinski definition) is 2. The van der Waals surface area contributed by atoms with Crippen molar-refractivity contribution >= 4 is 0 Å². The topological polar surface area (TPSA) is 18.5 Å². The second-order valence-corrected chi connectivity index (χ2v) is 8.67. The summed E-state index contributed by atoms with van der Waals surface area (Å²) in [6.45, 7) is 17.6. The molecule has 0 aliphatic rings. The van der Waals surface area contributed by atoms with E-state index in [-0.39, 0.29) is 17.6 Å². The Morgan fingerprint density at radius 1 is 0.704 bits per heavy atom. The Labute approximate surface area is 171 Å². The second kappa shape index (κ2) is 14.6. The molecular formula is C25H50O2. The Kier molecular flexibility index (Phi) is 14.4. The van der Waals surface area contributed by atoms with E-state index in [1.807, 2.05) is 0 Å². The lowest BCUT2D eigenvalue weighted by molar-refractivity contribution is -0.319. The molecule has 1 unspecified atom stereocenters. The van der Waals surface area contributed by atoms with Gasteiger partial charge in [-0.15, -0.1) is 0 Å². The van der Waals surface area contributed by atoms with Crippen LogP contribution in [0.25, 0.3) is 0 Å². The van der Waals surface area contributed by atoms with Crippen LogP contribution in [0.2, 0.25) is 0 Å². The van der Waals surface area contributed by atoms with Crippen LogP contribution in [0.3, 0.4) is 0 Å². The second-order valence-electron chi connectivity index (χ2n) is 8.67. The Morgan fingerprint density at radius 3 is 1.70 bits per heavy atom. The maximum Gasteiger partial charge on any atom is 0.177 e. The minimum absolute atomic E-state index is 0.0498. The number of rotatable bonds is 17. The molecule has 2 heteroatoms. The van der Waals surface area contributed by atoms with Crippen molar-refractivity contribution in [2.75, 3.05) is 0 Å². The van der Waals surface area contributed by atoms with Crippen molar-refractivity contribution in [2.45, 2.75) is 144 Å². The van der Waals surface area contributed by atoms with Crippen molar-refractivity contribution in [3.05, 3.63) is 12.2 Å².